The third kappa shape index (κ3) is 4.52. The van der Waals surface area contributed by atoms with E-state index in [0.717, 1.165) is 69.8 Å². The van der Waals surface area contributed by atoms with E-state index in [1.54, 1.807) is 4.90 Å². The Bertz CT molecular complexity index is 966. The molecule has 4 aliphatic rings. The molecule has 9 heteroatoms. The summed E-state index contributed by atoms with van der Waals surface area (Å²) in [6.45, 7) is 6.04. The van der Waals surface area contributed by atoms with E-state index in [2.05, 4.69) is 15.5 Å². The summed E-state index contributed by atoms with van der Waals surface area (Å²) in [5, 5.41) is 5.66. The summed E-state index contributed by atoms with van der Waals surface area (Å²) < 4.78 is 0. The number of piperidine rings is 2. The summed E-state index contributed by atoms with van der Waals surface area (Å²) in [7, 11) is 0. The maximum absolute atomic E-state index is 13.0. The van der Waals surface area contributed by atoms with Gasteiger partial charge in [0.25, 0.3) is 5.91 Å². The molecule has 1 aromatic rings. The first-order valence-electron chi connectivity index (χ1n) is 12.0. The summed E-state index contributed by atoms with van der Waals surface area (Å²) in [5.74, 6) is -0.416. The number of nitrogens with zero attached hydrogens (tertiary/aromatic N) is 3. The maximum Gasteiger partial charge on any atom is 0.255 e. The van der Waals surface area contributed by atoms with Gasteiger partial charge < -0.3 is 15.1 Å². The number of imide groups is 1. The predicted octanol–water partition coefficient (Wildman–Crippen LogP) is 0.0914. The Labute approximate surface area is 193 Å². The van der Waals surface area contributed by atoms with Crippen molar-refractivity contribution in [1.82, 2.24) is 25.3 Å². The number of carbonyl (C=O) groups excluding carboxylic acids is 4. The zero-order chi connectivity index (χ0) is 22.9. The van der Waals surface area contributed by atoms with Crippen molar-refractivity contribution in [3.05, 3.63) is 34.9 Å². The zero-order valence-corrected chi connectivity index (χ0v) is 18.8. The van der Waals surface area contributed by atoms with Crippen molar-refractivity contribution in [2.24, 2.45) is 5.92 Å². The van der Waals surface area contributed by atoms with Gasteiger partial charge in [0, 0.05) is 57.8 Å². The first-order chi connectivity index (χ1) is 16.0. The van der Waals surface area contributed by atoms with Crippen LogP contribution in [0.1, 0.15) is 47.2 Å². The molecule has 1 aromatic carbocycles. The molecule has 4 heterocycles. The Hall–Kier alpha value is -2.78. The van der Waals surface area contributed by atoms with Crippen molar-refractivity contribution in [2.45, 2.75) is 44.8 Å². The minimum absolute atomic E-state index is 0.111. The van der Waals surface area contributed by atoms with E-state index >= 15 is 0 Å². The lowest BCUT2D eigenvalue weighted by atomic mass is 9.98. The highest BCUT2D eigenvalue weighted by Gasteiger charge is 2.39. The van der Waals surface area contributed by atoms with Crippen molar-refractivity contribution >= 4 is 23.6 Å². The van der Waals surface area contributed by atoms with Gasteiger partial charge in [-0.25, -0.2) is 0 Å². The van der Waals surface area contributed by atoms with Crippen LogP contribution in [0.2, 0.25) is 0 Å². The smallest absolute Gasteiger partial charge is 0.255 e. The van der Waals surface area contributed by atoms with Gasteiger partial charge in [0.1, 0.15) is 6.04 Å². The van der Waals surface area contributed by atoms with Gasteiger partial charge in [0.05, 0.1) is 5.92 Å². The minimum Gasteiger partial charge on any atom is -0.340 e. The largest absolute Gasteiger partial charge is 0.340 e. The molecular formula is C24H31N5O4. The Morgan fingerprint density at radius 3 is 2.61 bits per heavy atom. The van der Waals surface area contributed by atoms with Crippen molar-refractivity contribution in [3.63, 3.8) is 0 Å². The molecule has 0 radical (unpaired) electrons. The molecule has 4 amide bonds. The van der Waals surface area contributed by atoms with Crippen LogP contribution in [0.3, 0.4) is 0 Å². The second-order valence-electron chi connectivity index (χ2n) is 9.54. The van der Waals surface area contributed by atoms with Crippen molar-refractivity contribution < 1.29 is 19.2 Å². The van der Waals surface area contributed by atoms with E-state index in [1.807, 2.05) is 23.1 Å². The van der Waals surface area contributed by atoms with E-state index in [9.17, 15) is 19.2 Å². The topological polar surface area (TPSA) is 102 Å². The van der Waals surface area contributed by atoms with Crippen LogP contribution < -0.4 is 10.6 Å². The molecule has 5 rings (SSSR count). The van der Waals surface area contributed by atoms with Crippen molar-refractivity contribution in [2.75, 3.05) is 39.3 Å². The van der Waals surface area contributed by atoms with E-state index in [4.69, 9.17) is 0 Å². The average molecular weight is 454 g/mol. The molecule has 2 atom stereocenters. The number of fused-ring (bicyclic) bond motifs is 1. The number of carbonyl (C=O) groups is 4. The number of rotatable bonds is 4. The van der Waals surface area contributed by atoms with Gasteiger partial charge in [-0.2, -0.15) is 0 Å². The Morgan fingerprint density at radius 1 is 1.06 bits per heavy atom. The Balaban J connectivity index is 1.17. The molecule has 9 nitrogen and oxygen atoms in total. The lowest BCUT2D eigenvalue weighted by molar-refractivity contribution is -0.138. The third-order valence-corrected chi connectivity index (χ3v) is 7.33. The van der Waals surface area contributed by atoms with Crippen LogP contribution in [0.25, 0.3) is 0 Å². The fourth-order valence-corrected chi connectivity index (χ4v) is 5.41. The highest BCUT2D eigenvalue weighted by atomic mass is 16.2. The molecule has 0 aliphatic carbocycles. The van der Waals surface area contributed by atoms with E-state index < -0.39 is 6.04 Å². The Morgan fingerprint density at radius 2 is 1.88 bits per heavy atom. The monoisotopic (exact) mass is 453 g/mol. The molecule has 0 bridgehead atoms. The highest BCUT2D eigenvalue weighted by Crippen LogP contribution is 2.28. The summed E-state index contributed by atoms with van der Waals surface area (Å²) in [6, 6.07) is 5.38. The van der Waals surface area contributed by atoms with Gasteiger partial charge in [-0.3, -0.25) is 29.4 Å². The fraction of sp³-hybridized carbons (Fsp3) is 0.583. The third-order valence-electron chi connectivity index (χ3n) is 7.33. The quantitative estimate of drug-likeness (QED) is 0.627. The van der Waals surface area contributed by atoms with Crippen LogP contribution in [0.4, 0.5) is 0 Å². The number of hydrogen-bond acceptors (Lipinski definition) is 6. The summed E-state index contributed by atoms with van der Waals surface area (Å²) >= 11 is 0. The second-order valence-corrected chi connectivity index (χ2v) is 9.54. The lowest BCUT2D eigenvalue weighted by Gasteiger charge is -2.37. The maximum atomic E-state index is 13.0. The van der Waals surface area contributed by atoms with Crippen LogP contribution in [-0.2, 0) is 27.5 Å². The normalized spacial score (nSPS) is 26.4. The standard InChI is InChI=1S/C24H31N5O4/c30-21-6-5-20(22(31)26-21)29-15-18-4-3-16(12-19(18)24(29)33)14-27-8-10-28(11-9-27)23(32)17-2-1-7-25-13-17/h3-4,12,17,20,25H,1-2,5-11,13-15H2,(H,26,30,31). The van der Waals surface area contributed by atoms with Crippen LogP contribution in [0.15, 0.2) is 18.2 Å². The van der Waals surface area contributed by atoms with Crippen molar-refractivity contribution in [1.29, 1.82) is 0 Å². The fourth-order valence-electron chi connectivity index (χ4n) is 5.41. The first kappa shape index (κ1) is 22.0. The predicted molar refractivity (Wildman–Crippen MR) is 120 cm³/mol. The average Bonchev–Trinajstić information content (AvgIpc) is 3.15. The van der Waals surface area contributed by atoms with Crippen LogP contribution >= 0.6 is 0 Å². The van der Waals surface area contributed by atoms with Gasteiger partial charge in [-0.1, -0.05) is 12.1 Å². The number of benzene rings is 1. The van der Waals surface area contributed by atoms with Gasteiger partial charge in [-0.05, 0) is 43.0 Å². The molecule has 4 aliphatic heterocycles. The van der Waals surface area contributed by atoms with Crippen LogP contribution in [0.5, 0.6) is 0 Å². The number of hydrogen-bond donors (Lipinski definition) is 2. The highest BCUT2D eigenvalue weighted by molar-refractivity contribution is 6.05. The van der Waals surface area contributed by atoms with E-state index in [-0.39, 0.29) is 36.0 Å². The molecule has 3 fully saturated rings. The first-order valence-corrected chi connectivity index (χ1v) is 12.0. The Kier molecular flexibility index (Phi) is 6.16. The van der Waals surface area contributed by atoms with Crippen LogP contribution in [0, 0.1) is 5.92 Å². The molecule has 176 valence electrons. The molecule has 0 spiro atoms. The van der Waals surface area contributed by atoms with Crippen molar-refractivity contribution in [3.8, 4) is 0 Å². The minimum atomic E-state index is -0.587. The molecule has 2 unspecified atom stereocenters. The van der Waals surface area contributed by atoms with Crippen LogP contribution in [-0.4, -0.2) is 83.6 Å². The number of amides is 4. The summed E-state index contributed by atoms with van der Waals surface area (Å²) in [6.07, 6.45) is 2.67. The van der Waals surface area contributed by atoms with E-state index in [1.165, 1.54) is 0 Å². The molecule has 3 saturated heterocycles. The zero-order valence-electron chi connectivity index (χ0n) is 18.8. The summed E-state index contributed by atoms with van der Waals surface area (Å²) in [5.41, 5.74) is 2.63. The second kappa shape index (κ2) is 9.23. The lowest BCUT2D eigenvalue weighted by Crippen LogP contribution is -2.52. The molecule has 2 N–H and O–H groups in total. The molecule has 0 saturated carbocycles. The summed E-state index contributed by atoms with van der Waals surface area (Å²) in [4.78, 5) is 55.4. The molecular weight excluding hydrogens is 422 g/mol. The van der Waals surface area contributed by atoms with E-state index in [0.29, 0.717) is 18.5 Å². The molecule has 0 aromatic heterocycles. The molecule has 33 heavy (non-hydrogen) atoms. The van der Waals surface area contributed by atoms with Gasteiger partial charge in [0.15, 0.2) is 0 Å². The number of piperazine rings is 1. The van der Waals surface area contributed by atoms with Gasteiger partial charge in [-0.15, -0.1) is 0 Å². The van der Waals surface area contributed by atoms with Gasteiger partial charge >= 0.3 is 0 Å². The SMILES string of the molecule is O=C1CCC(N2Cc3ccc(CN4CCN(C(=O)C5CCCNC5)CC4)cc3C2=O)C(=O)N1. The number of nitrogens with one attached hydrogen (secondary N) is 2. The van der Waals surface area contributed by atoms with Gasteiger partial charge in [0.2, 0.25) is 17.7 Å².